The maximum absolute atomic E-state index is 11.7. The fourth-order valence-corrected chi connectivity index (χ4v) is 1.68. The molecule has 0 aliphatic heterocycles. The van der Waals surface area contributed by atoms with Crippen LogP contribution in [0.15, 0.2) is 5.16 Å². The van der Waals surface area contributed by atoms with E-state index in [2.05, 4.69) is 10.5 Å². The number of ether oxygens (including phenoxy) is 1. The molecule has 1 rings (SSSR count). The van der Waals surface area contributed by atoms with Crippen LogP contribution in [0.1, 0.15) is 19.3 Å². The average Bonchev–Trinajstić information content (AvgIpc) is 3.03. The van der Waals surface area contributed by atoms with E-state index in [1.165, 1.54) is 0 Å². The highest BCUT2D eigenvalue weighted by atomic mass is 19.3. The van der Waals surface area contributed by atoms with Crippen molar-refractivity contribution in [1.82, 2.24) is 5.32 Å². The molecule has 1 aliphatic rings. The highest BCUT2D eigenvalue weighted by Gasteiger charge is 2.42. The summed E-state index contributed by atoms with van der Waals surface area (Å²) >= 11 is 0. The number of halogens is 2. The number of nitrogens with zero attached hydrogens (tertiary/aromatic N) is 1. The van der Waals surface area contributed by atoms with E-state index >= 15 is 0 Å². The Morgan fingerprint density at radius 1 is 1.53 bits per heavy atom. The molecular formula is C10H19F2N3O2. The summed E-state index contributed by atoms with van der Waals surface area (Å²) in [6.45, 7) is 1.02. The molecule has 1 aliphatic carbocycles. The van der Waals surface area contributed by atoms with Crippen LogP contribution in [-0.4, -0.2) is 43.8 Å². The Labute approximate surface area is 99.0 Å². The minimum Gasteiger partial charge on any atom is -0.409 e. The number of oxime groups is 1. The first-order valence-corrected chi connectivity index (χ1v) is 5.61. The summed E-state index contributed by atoms with van der Waals surface area (Å²) in [5.74, 6) is 0.234. The average molecular weight is 251 g/mol. The van der Waals surface area contributed by atoms with Gasteiger partial charge in [0, 0.05) is 19.5 Å². The van der Waals surface area contributed by atoms with Crippen molar-refractivity contribution in [3.63, 3.8) is 0 Å². The van der Waals surface area contributed by atoms with Gasteiger partial charge in [-0.1, -0.05) is 5.16 Å². The molecule has 17 heavy (non-hydrogen) atoms. The zero-order valence-corrected chi connectivity index (χ0v) is 9.66. The smallest absolute Gasteiger partial charge is 0.261 e. The minimum atomic E-state index is -2.41. The largest absolute Gasteiger partial charge is 0.409 e. The van der Waals surface area contributed by atoms with Crippen molar-refractivity contribution >= 4 is 5.84 Å². The summed E-state index contributed by atoms with van der Waals surface area (Å²) in [7, 11) is 0. The third-order valence-electron chi connectivity index (χ3n) is 2.81. The maximum Gasteiger partial charge on any atom is 0.261 e. The Morgan fingerprint density at radius 2 is 2.24 bits per heavy atom. The van der Waals surface area contributed by atoms with Crippen LogP contribution in [-0.2, 0) is 4.74 Å². The van der Waals surface area contributed by atoms with Crippen molar-refractivity contribution in [3.05, 3.63) is 0 Å². The number of rotatable bonds is 9. The maximum atomic E-state index is 11.7. The van der Waals surface area contributed by atoms with Crippen molar-refractivity contribution in [2.75, 3.05) is 26.3 Å². The van der Waals surface area contributed by atoms with Crippen LogP contribution >= 0.6 is 0 Å². The Kier molecular flexibility index (Phi) is 5.57. The van der Waals surface area contributed by atoms with E-state index in [1.54, 1.807) is 0 Å². The lowest BCUT2D eigenvalue weighted by molar-refractivity contribution is 0.0185. The van der Waals surface area contributed by atoms with Crippen LogP contribution in [0, 0.1) is 5.41 Å². The predicted molar refractivity (Wildman–Crippen MR) is 59.4 cm³/mol. The van der Waals surface area contributed by atoms with Gasteiger partial charge in [-0.05, 0) is 18.3 Å². The Morgan fingerprint density at radius 3 is 2.76 bits per heavy atom. The molecule has 0 aromatic heterocycles. The molecule has 100 valence electrons. The van der Waals surface area contributed by atoms with Gasteiger partial charge in [0.1, 0.15) is 12.4 Å². The monoisotopic (exact) mass is 251 g/mol. The first-order valence-electron chi connectivity index (χ1n) is 5.61. The van der Waals surface area contributed by atoms with E-state index < -0.39 is 13.0 Å². The van der Waals surface area contributed by atoms with Crippen molar-refractivity contribution < 1.29 is 18.7 Å². The van der Waals surface area contributed by atoms with Gasteiger partial charge in [-0.3, -0.25) is 0 Å². The van der Waals surface area contributed by atoms with Crippen LogP contribution in [0.25, 0.3) is 0 Å². The number of alkyl halides is 2. The fraction of sp³-hybridized carbons (Fsp3) is 0.900. The van der Waals surface area contributed by atoms with Crippen molar-refractivity contribution in [2.24, 2.45) is 16.3 Å². The van der Waals surface area contributed by atoms with E-state index in [1.807, 2.05) is 0 Å². The zero-order chi connectivity index (χ0) is 12.7. The highest BCUT2D eigenvalue weighted by molar-refractivity contribution is 5.80. The van der Waals surface area contributed by atoms with Gasteiger partial charge < -0.3 is 21.0 Å². The lowest BCUT2D eigenvalue weighted by atomic mass is 10.0. The molecule has 0 bridgehead atoms. The number of hydrogen-bond acceptors (Lipinski definition) is 4. The summed E-state index contributed by atoms with van der Waals surface area (Å²) in [4.78, 5) is 0. The number of nitrogens with one attached hydrogen (secondary N) is 1. The summed E-state index contributed by atoms with van der Waals surface area (Å²) in [6.07, 6.45) is 0.224. The van der Waals surface area contributed by atoms with Gasteiger partial charge in [0.15, 0.2) is 0 Å². The van der Waals surface area contributed by atoms with Crippen LogP contribution in [0.4, 0.5) is 8.78 Å². The first-order chi connectivity index (χ1) is 8.08. The number of hydrogen-bond donors (Lipinski definition) is 3. The van der Waals surface area contributed by atoms with Crippen molar-refractivity contribution in [2.45, 2.75) is 25.7 Å². The van der Waals surface area contributed by atoms with E-state index in [0.29, 0.717) is 13.0 Å². The molecule has 1 fully saturated rings. The predicted octanol–water partition coefficient (Wildman–Crippen LogP) is 0.774. The number of amidine groups is 1. The van der Waals surface area contributed by atoms with Crippen LogP contribution in [0.5, 0.6) is 0 Å². The third kappa shape index (κ3) is 5.78. The molecule has 0 aromatic rings. The van der Waals surface area contributed by atoms with Crippen LogP contribution in [0.2, 0.25) is 0 Å². The fourth-order valence-electron chi connectivity index (χ4n) is 1.68. The quantitative estimate of drug-likeness (QED) is 0.186. The normalized spacial score (nSPS) is 18.6. The highest BCUT2D eigenvalue weighted by Crippen LogP contribution is 2.48. The molecule has 0 saturated heterocycles. The van der Waals surface area contributed by atoms with E-state index in [9.17, 15) is 8.78 Å². The molecule has 1 saturated carbocycles. The second-order valence-corrected chi connectivity index (χ2v) is 4.41. The van der Waals surface area contributed by atoms with E-state index in [0.717, 1.165) is 19.4 Å². The van der Waals surface area contributed by atoms with Gasteiger partial charge in [0.05, 0.1) is 6.61 Å². The molecule has 0 unspecified atom stereocenters. The van der Waals surface area contributed by atoms with E-state index in [-0.39, 0.29) is 17.9 Å². The molecular weight excluding hydrogens is 232 g/mol. The topological polar surface area (TPSA) is 79.9 Å². The van der Waals surface area contributed by atoms with Crippen molar-refractivity contribution in [3.8, 4) is 0 Å². The summed E-state index contributed by atoms with van der Waals surface area (Å²) in [5.41, 5.74) is 5.53. The third-order valence-corrected chi connectivity index (χ3v) is 2.81. The lowest BCUT2D eigenvalue weighted by Crippen LogP contribution is -2.30. The second-order valence-electron chi connectivity index (χ2n) is 4.41. The summed E-state index contributed by atoms with van der Waals surface area (Å²) < 4.78 is 28.2. The van der Waals surface area contributed by atoms with Crippen LogP contribution < -0.4 is 11.1 Å². The van der Waals surface area contributed by atoms with Gasteiger partial charge in [-0.25, -0.2) is 8.78 Å². The minimum absolute atomic E-state index is 0.0824. The second kappa shape index (κ2) is 6.70. The van der Waals surface area contributed by atoms with Gasteiger partial charge >= 0.3 is 0 Å². The molecule has 0 amide bonds. The SMILES string of the molecule is NC(CC1(CNCCOCC(F)F)CC1)=NO. The van der Waals surface area contributed by atoms with Gasteiger partial charge in [0.2, 0.25) is 0 Å². The molecule has 4 N–H and O–H groups in total. The standard InChI is InChI=1S/C10H19F2N3O2/c11-8(12)6-17-4-3-14-7-10(1-2-10)5-9(13)15-16/h8,14,16H,1-7H2,(H2,13,15). The Hall–Kier alpha value is -0.950. The van der Waals surface area contributed by atoms with Gasteiger partial charge in [0.25, 0.3) is 6.43 Å². The summed E-state index contributed by atoms with van der Waals surface area (Å²) in [5, 5.41) is 14.5. The first kappa shape index (κ1) is 14.1. The molecule has 5 nitrogen and oxygen atoms in total. The zero-order valence-electron chi connectivity index (χ0n) is 9.66. The summed E-state index contributed by atoms with van der Waals surface area (Å²) in [6, 6.07) is 0. The molecule has 0 heterocycles. The lowest BCUT2D eigenvalue weighted by Gasteiger charge is -2.15. The molecule has 0 radical (unpaired) electrons. The van der Waals surface area contributed by atoms with Gasteiger partial charge in [-0.15, -0.1) is 0 Å². The number of nitrogens with two attached hydrogens (primary N) is 1. The Bertz CT molecular complexity index is 258. The van der Waals surface area contributed by atoms with Crippen LogP contribution in [0.3, 0.4) is 0 Å². The Balaban J connectivity index is 2.03. The molecule has 0 atom stereocenters. The molecule has 0 aromatic carbocycles. The van der Waals surface area contributed by atoms with Gasteiger partial charge in [-0.2, -0.15) is 0 Å². The van der Waals surface area contributed by atoms with E-state index in [4.69, 9.17) is 15.7 Å². The molecule has 7 heteroatoms. The van der Waals surface area contributed by atoms with Crippen molar-refractivity contribution in [1.29, 1.82) is 0 Å². The molecule has 0 spiro atoms.